The highest BCUT2D eigenvalue weighted by Crippen LogP contribution is 2.27. The SMILES string of the molecule is CCNC(c1ccc(F)cc1F)c1ccncc1CC. The Kier molecular flexibility index (Phi) is 4.79. The highest BCUT2D eigenvalue weighted by atomic mass is 19.1. The molecular formula is C16H18F2N2. The third kappa shape index (κ3) is 3.02. The van der Waals surface area contributed by atoms with Crippen molar-refractivity contribution in [2.45, 2.75) is 26.3 Å². The minimum atomic E-state index is -0.563. The maximum Gasteiger partial charge on any atom is 0.131 e. The number of halogens is 2. The molecular weight excluding hydrogens is 258 g/mol. The number of pyridine rings is 1. The standard InChI is InChI=1S/C16H18F2N2/c1-3-11-10-19-8-7-13(11)16(20-4-2)14-6-5-12(17)9-15(14)18/h5-10,16,20H,3-4H2,1-2H3. The molecule has 0 aliphatic rings. The van der Waals surface area contributed by atoms with Gasteiger partial charge in [0.1, 0.15) is 11.6 Å². The molecule has 0 aliphatic carbocycles. The fourth-order valence-electron chi connectivity index (χ4n) is 2.34. The average Bonchev–Trinajstić information content (AvgIpc) is 2.45. The van der Waals surface area contributed by atoms with E-state index in [4.69, 9.17) is 0 Å². The first-order valence-electron chi connectivity index (χ1n) is 6.78. The molecule has 106 valence electrons. The van der Waals surface area contributed by atoms with E-state index in [0.29, 0.717) is 12.1 Å². The van der Waals surface area contributed by atoms with E-state index < -0.39 is 11.6 Å². The molecule has 2 rings (SSSR count). The lowest BCUT2D eigenvalue weighted by atomic mass is 9.94. The van der Waals surface area contributed by atoms with Crippen molar-refractivity contribution in [1.29, 1.82) is 0 Å². The van der Waals surface area contributed by atoms with E-state index in [-0.39, 0.29) is 6.04 Å². The lowest BCUT2D eigenvalue weighted by Gasteiger charge is -2.22. The third-order valence-electron chi connectivity index (χ3n) is 3.31. The van der Waals surface area contributed by atoms with Crippen LogP contribution in [0.15, 0.2) is 36.7 Å². The van der Waals surface area contributed by atoms with E-state index in [0.717, 1.165) is 23.6 Å². The molecule has 0 fully saturated rings. The number of hydrogen-bond acceptors (Lipinski definition) is 2. The fourth-order valence-corrected chi connectivity index (χ4v) is 2.34. The van der Waals surface area contributed by atoms with Crippen molar-refractivity contribution in [3.63, 3.8) is 0 Å². The molecule has 20 heavy (non-hydrogen) atoms. The summed E-state index contributed by atoms with van der Waals surface area (Å²) in [4.78, 5) is 4.11. The topological polar surface area (TPSA) is 24.9 Å². The molecule has 1 aromatic heterocycles. The van der Waals surface area contributed by atoms with Crippen LogP contribution in [-0.4, -0.2) is 11.5 Å². The zero-order chi connectivity index (χ0) is 14.5. The van der Waals surface area contributed by atoms with Gasteiger partial charge in [0.05, 0.1) is 6.04 Å². The largest absolute Gasteiger partial charge is 0.306 e. The van der Waals surface area contributed by atoms with Gasteiger partial charge in [-0.3, -0.25) is 4.98 Å². The number of nitrogens with zero attached hydrogens (tertiary/aromatic N) is 1. The molecule has 1 atom stereocenters. The lowest BCUT2D eigenvalue weighted by Crippen LogP contribution is -2.24. The van der Waals surface area contributed by atoms with Crippen LogP contribution in [-0.2, 0) is 6.42 Å². The average molecular weight is 276 g/mol. The zero-order valence-electron chi connectivity index (χ0n) is 11.7. The summed E-state index contributed by atoms with van der Waals surface area (Å²) in [6.07, 6.45) is 4.30. The second kappa shape index (κ2) is 6.57. The second-order valence-corrected chi connectivity index (χ2v) is 4.58. The van der Waals surface area contributed by atoms with Crippen LogP contribution in [0, 0.1) is 11.6 Å². The maximum atomic E-state index is 14.0. The predicted molar refractivity (Wildman–Crippen MR) is 75.5 cm³/mol. The summed E-state index contributed by atoms with van der Waals surface area (Å²) in [6, 6.07) is 5.30. The molecule has 4 heteroatoms. The Bertz CT molecular complexity index is 584. The van der Waals surface area contributed by atoms with Crippen LogP contribution in [0.4, 0.5) is 8.78 Å². The Morgan fingerprint density at radius 1 is 1.15 bits per heavy atom. The molecule has 2 aromatic rings. The quantitative estimate of drug-likeness (QED) is 0.902. The van der Waals surface area contributed by atoms with Crippen molar-refractivity contribution < 1.29 is 8.78 Å². The number of nitrogens with one attached hydrogen (secondary N) is 1. The molecule has 0 radical (unpaired) electrons. The van der Waals surface area contributed by atoms with Crippen LogP contribution in [0.25, 0.3) is 0 Å². The number of aryl methyl sites for hydroxylation is 1. The molecule has 0 amide bonds. The van der Waals surface area contributed by atoms with Gasteiger partial charge in [0, 0.05) is 24.0 Å². The monoisotopic (exact) mass is 276 g/mol. The van der Waals surface area contributed by atoms with Crippen molar-refractivity contribution in [2.75, 3.05) is 6.54 Å². The second-order valence-electron chi connectivity index (χ2n) is 4.58. The molecule has 0 spiro atoms. The predicted octanol–water partition coefficient (Wildman–Crippen LogP) is 3.62. The molecule has 1 N–H and O–H groups in total. The first-order chi connectivity index (χ1) is 9.67. The summed E-state index contributed by atoms with van der Waals surface area (Å²) in [5.74, 6) is -1.10. The Balaban J connectivity index is 2.50. The van der Waals surface area contributed by atoms with Gasteiger partial charge in [0.25, 0.3) is 0 Å². The van der Waals surface area contributed by atoms with Crippen LogP contribution in [0.5, 0.6) is 0 Å². The normalized spacial score (nSPS) is 12.4. The third-order valence-corrected chi connectivity index (χ3v) is 3.31. The van der Waals surface area contributed by atoms with Crippen molar-refractivity contribution in [3.05, 3.63) is 65.0 Å². The van der Waals surface area contributed by atoms with Crippen LogP contribution >= 0.6 is 0 Å². The fraction of sp³-hybridized carbons (Fsp3) is 0.312. The summed E-state index contributed by atoms with van der Waals surface area (Å²) in [7, 11) is 0. The van der Waals surface area contributed by atoms with Gasteiger partial charge in [-0.05, 0) is 36.2 Å². The van der Waals surface area contributed by atoms with E-state index in [9.17, 15) is 8.78 Å². The number of hydrogen-bond donors (Lipinski definition) is 1. The molecule has 1 unspecified atom stereocenters. The minimum Gasteiger partial charge on any atom is -0.306 e. The minimum absolute atomic E-state index is 0.293. The van der Waals surface area contributed by atoms with Gasteiger partial charge in [-0.1, -0.05) is 19.9 Å². The molecule has 0 saturated carbocycles. The van der Waals surface area contributed by atoms with E-state index >= 15 is 0 Å². The van der Waals surface area contributed by atoms with Gasteiger partial charge >= 0.3 is 0 Å². The van der Waals surface area contributed by atoms with Gasteiger partial charge in [-0.15, -0.1) is 0 Å². The van der Waals surface area contributed by atoms with E-state index in [1.807, 2.05) is 19.9 Å². The zero-order valence-corrected chi connectivity index (χ0v) is 11.7. The smallest absolute Gasteiger partial charge is 0.131 e. The number of benzene rings is 1. The van der Waals surface area contributed by atoms with Gasteiger partial charge in [-0.2, -0.15) is 0 Å². The summed E-state index contributed by atoms with van der Waals surface area (Å²) in [5, 5.41) is 3.26. The highest BCUT2D eigenvalue weighted by molar-refractivity contribution is 5.36. The van der Waals surface area contributed by atoms with E-state index in [1.54, 1.807) is 12.4 Å². The van der Waals surface area contributed by atoms with Crippen molar-refractivity contribution in [3.8, 4) is 0 Å². The molecule has 0 saturated heterocycles. The van der Waals surface area contributed by atoms with Crippen LogP contribution in [0.1, 0.15) is 36.6 Å². The highest BCUT2D eigenvalue weighted by Gasteiger charge is 2.19. The van der Waals surface area contributed by atoms with Gasteiger partial charge in [0.15, 0.2) is 0 Å². The van der Waals surface area contributed by atoms with Crippen LogP contribution < -0.4 is 5.32 Å². The molecule has 1 aromatic carbocycles. The Morgan fingerprint density at radius 3 is 2.60 bits per heavy atom. The van der Waals surface area contributed by atoms with Gasteiger partial charge in [0.2, 0.25) is 0 Å². The van der Waals surface area contributed by atoms with Crippen molar-refractivity contribution in [2.24, 2.45) is 0 Å². The first-order valence-corrected chi connectivity index (χ1v) is 6.78. The molecule has 0 aliphatic heterocycles. The molecule has 2 nitrogen and oxygen atoms in total. The molecule has 0 bridgehead atoms. The van der Waals surface area contributed by atoms with Crippen molar-refractivity contribution >= 4 is 0 Å². The number of rotatable bonds is 5. The summed E-state index contributed by atoms with van der Waals surface area (Å²) >= 11 is 0. The number of aromatic nitrogens is 1. The Labute approximate surface area is 117 Å². The Hall–Kier alpha value is -1.81. The summed E-state index contributed by atoms with van der Waals surface area (Å²) < 4.78 is 27.1. The summed E-state index contributed by atoms with van der Waals surface area (Å²) in [5.41, 5.74) is 2.49. The van der Waals surface area contributed by atoms with E-state index in [1.165, 1.54) is 12.1 Å². The van der Waals surface area contributed by atoms with Crippen LogP contribution in [0.3, 0.4) is 0 Å². The summed E-state index contributed by atoms with van der Waals surface area (Å²) in [6.45, 7) is 4.68. The van der Waals surface area contributed by atoms with Crippen LogP contribution in [0.2, 0.25) is 0 Å². The van der Waals surface area contributed by atoms with E-state index in [2.05, 4.69) is 10.3 Å². The Morgan fingerprint density at radius 2 is 1.95 bits per heavy atom. The van der Waals surface area contributed by atoms with Gasteiger partial charge < -0.3 is 5.32 Å². The first kappa shape index (κ1) is 14.6. The molecule has 1 heterocycles. The van der Waals surface area contributed by atoms with Crippen molar-refractivity contribution in [1.82, 2.24) is 10.3 Å². The van der Waals surface area contributed by atoms with Gasteiger partial charge in [-0.25, -0.2) is 8.78 Å². The lowest BCUT2D eigenvalue weighted by molar-refractivity contribution is 0.539. The maximum absolute atomic E-state index is 14.0.